The largest absolute Gasteiger partial charge is 0.369 e. The van der Waals surface area contributed by atoms with Crippen molar-refractivity contribution in [2.45, 2.75) is 32.5 Å². The van der Waals surface area contributed by atoms with Gasteiger partial charge < -0.3 is 20.7 Å². The molecule has 0 spiro atoms. The summed E-state index contributed by atoms with van der Waals surface area (Å²) < 4.78 is 32.6. The predicted molar refractivity (Wildman–Crippen MR) is 135 cm³/mol. The van der Waals surface area contributed by atoms with Crippen LogP contribution < -0.4 is 11.1 Å². The van der Waals surface area contributed by atoms with Crippen LogP contribution in [0.4, 0.5) is 8.78 Å². The number of primary amides is 1. The second-order valence-corrected chi connectivity index (χ2v) is 8.02. The van der Waals surface area contributed by atoms with E-state index in [9.17, 15) is 13.6 Å². The van der Waals surface area contributed by atoms with Gasteiger partial charge in [-0.15, -0.1) is 24.0 Å². The van der Waals surface area contributed by atoms with Crippen LogP contribution in [0.25, 0.3) is 0 Å². The first-order valence-corrected chi connectivity index (χ1v) is 10.8. The lowest BCUT2D eigenvalue weighted by atomic mass is 9.99. The van der Waals surface area contributed by atoms with E-state index < -0.39 is 11.8 Å². The lowest BCUT2D eigenvalue weighted by Crippen LogP contribution is -2.51. The summed E-state index contributed by atoms with van der Waals surface area (Å²) in [6.45, 7) is 5.99. The minimum Gasteiger partial charge on any atom is -0.369 e. The fourth-order valence-electron chi connectivity index (χ4n) is 3.77. The van der Waals surface area contributed by atoms with Crippen molar-refractivity contribution in [2.24, 2.45) is 16.6 Å². The van der Waals surface area contributed by atoms with Crippen LogP contribution in [-0.4, -0.2) is 49.0 Å². The molecule has 0 saturated carbocycles. The SMILES string of the molecule is CCNC(=NCC(Cc1ccc(F)cc1)C(N)=O)N1CC(C)OC(c2ccc(F)cc2)C1.I. The normalized spacial score (nSPS) is 19.5. The van der Waals surface area contributed by atoms with Crippen LogP contribution in [0, 0.1) is 17.6 Å². The Morgan fingerprint density at radius 2 is 1.76 bits per heavy atom. The van der Waals surface area contributed by atoms with Gasteiger partial charge in [-0.2, -0.15) is 0 Å². The highest BCUT2D eigenvalue weighted by Crippen LogP contribution is 2.25. The number of amides is 1. The Balaban J connectivity index is 0.00000385. The van der Waals surface area contributed by atoms with E-state index in [1.54, 1.807) is 24.3 Å². The second kappa shape index (κ2) is 12.8. The van der Waals surface area contributed by atoms with E-state index >= 15 is 0 Å². The number of guanidine groups is 1. The molecular formula is C24H31F2IN4O2. The molecule has 180 valence electrons. The van der Waals surface area contributed by atoms with Gasteiger partial charge in [-0.1, -0.05) is 24.3 Å². The van der Waals surface area contributed by atoms with Crippen LogP contribution in [0.5, 0.6) is 0 Å². The Labute approximate surface area is 210 Å². The van der Waals surface area contributed by atoms with Crippen LogP contribution in [0.15, 0.2) is 53.5 Å². The number of ether oxygens (including phenoxy) is 1. The highest BCUT2D eigenvalue weighted by atomic mass is 127. The van der Waals surface area contributed by atoms with Crippen molar-refractivity contribution in [3.05, 3.63) is 71.3 Å². The molecule has 3 atom stereocenters. The zero-order valence-electron chi connectivity index (χ0n) is 18.8. The summed E-state index contributed by atoms with van der Waals surface area (Å²) in [7, 11) is 0. The molecule has 3 N–H and O–H groups in total. The molecule has 3 rings (SSSR count). The smallest absolute Gasteiger partial charge is 0.222 e. The van der Waals surface area contributed by atoms with Crippen molar-refractivity contribution in [3.8, 4) is 0 Å². The number of rotatable bonds is 7. The number of hydrogen-bond donors (Lipinski definition) is 2. The number of hydrogen-bond acceptors (Lipinski definition) is 3. The minimum absolute atomic E-state index is 0. The van der Waals surface area contributed by atoms with Crippen LogP contribution in [-0.2, 0) is 16.0 Å². The van der Waals surface area contributed by atoms with E-state index in [-0.39, 0.29) is 54.4 Å². The number of morpholine rings is 1. The Kier molecular flexibility index (Phi) is 10.5. The fraction of sp³-hybridized carbons (Fsp3) is 0.417. The third-order valence-electron chi connectivity index (χ3n) is 5.40. The molecule has 1 amide bonds. The summed E-state index contributed by atoms with van der Waals surface area (Å²) in [6.07, 6.45) is 0.0964. The summed E-state index contributed by atoms with van der Waals surface area (Å²) in [5, 5.41) is 3.28. The average molecular weight is 572 g/mol. The molecule has 1 fully saturated rings. The first-order valence-electron chi connectivity index (χ1n) is 10.8. The summed E-state index contributed by atoms with van der Waals surface area (Å²) in [5.41, 5.74) is 7.34. The van der Waals surface area contributed by atoms with Gasteiger partial charge >= 0.3 is 0 Å². The fourth-order valence-corrected chi connectivity index (χ4v) is 3.77. The van der Waals surface area contributed by atoms with E-state index in [0.29, 0.717) is 32.0 Å². The third-order valence-corrected chi connectivity index (χ3v) is 5.40. The predicted octanol–water partition coefficient (Wildman–Crippen LogP) is 3.65. The lowest BCUT2D eigenvalue weighted by molar-refractivity contribution is -0.121. The maximum absolute atomic E-state index is 13.3. The molecule has 1 aliphatic heterocycles. The van der Waals surface area contributed by atoms with Gasteiger partial charge in [0.25, 0.3) is 0 Å². The van der Waals surface area contributed by atoms with E-state index in [4.69, 9.17) is 15.5 Å². The molecule has 0 bridgehead atoms. The molecule has 1 heterocycles. The van der Waals surface area contributed by atoms with Crippen LogP contribution in [0.2, 0.25) is 0 Å². The Morgan fingerprint density at radius 3 is 2.33 bits per heavy atom. The zero-order chi connectivity index (χ0) is 23.1. The number of nitrogens with one attached hydrogen (secondary N) is 1. The van der Waals surface area contributed by atoms with Crippen molar-refractivity contribution in [2.75, 3.05) is 26.2 Å². The number of nitrogens with zero attached hydrogens (tertiary/aromatic N) is 2. The van der Waals surface area contributed by atoms with E-state index in [1.165, 1.54) is 24.3 Å². The molecular weight excluding hydrogens is 541 g/mol. The zero-order valence-corrected chi connectivity index (χ0v) is 21.2. The highest BCUT2D eigenvalue weighted by Gasteiger charge is 2.29. The standard InChI is InChI=1S/C24H30F2N4O2.HI/c1-3-28-24(29-13-19(23(27)31)12-17-4-8-20(25)9-5-17)30-14-16(2)32-22(15-30)18-6-10-21(26)11-7-18;/h4-11,16,19,22H,3,12-15H2,1-2H3,(H2,27,31)(H,28,29);1H. The highest BCUT2D eigenvalue weighted by molar-refractivity contribution is 14.0. The van der Waals surface area contributed by atoms with Crippen molar-refractivity contribution in [3.63, 3.8) is 0 Å². The Morgan fingerprint density at radius 1 is 1.15 bits per heavy atom. The van der Waals surface area contributed by atoms with Gasteiger partial charge in [-0.3, -0.25) is 9.79 Å². The number of halogens is 3. The van der Waals surface area contributed by atoms with Crippen LogP contribution in [0.3, 0.4) is 0 Å². The van der Waals surface area contributed by atoms with E-state index in [1.807, 2.05) is 13.8 Å². The molecule has 9 heteroatoms. The molecule has 2 aromatic rings. The number of carbonyl (C=O) groups excluding carboxylic acids is 1. The number of aliphatic imine (C=N–C) groups is 1. The van der Waals surface area contributed by atoms with Crippen LogP contribution in [0.1, 0.15) is 31.1 Å². The van der Waals surface area contributed by atoms with Gasteiger partial charge in [0.05, 0.1) is 25.1 Å². The summed E-state index contributed by atoms with van der Waals surface area (Å²) in [4.78, 5) is 18.8. The number of benzene rings is 2. The van der Waals surface area contributed by atoms with E-state index in [0.717, 1.165) is 11.1 Å². The summed E-state index contributed by atoms with van der Waals surface area (Å²) >= 11 is 0. The average Bonchev–Trinajstić information content (AvgIpc) is 2.77. The molecule has 0 aromatic heterocycles. The molecule has 0 aliphatic carbocycles. The molecule has 1 saturated heterocycles. The Hall–Kier alpha value is -2.27. The van der Waals surface area contributed by atoms with Crippen LogP contribution >= 0.6 is 24.0 Å². The molecule has 2 aromatic carbocycles. The van der Waals surface area contributed by atoms with Gasteiger partial charge in [-0.05, 0) is 55.7 Å². The summed E-state index contributed by atoms with van der Waals surface area (Å²) in [5.74, 6) is -0.911. The van der Waals surface area contributed by atoms with Gasteiger partial charge in [0, 0.05) is 13.1 Å². The minimum atomic E-state index is -0.513. The lowest BCUT2D eigenvalue weighted by Gasteiger charge is -2.39. The third kappa shape index (κ3) is 7.92. The molecule has 6 nitrogen and oxygen atoms in total. The Bertz CT molecular complexity index is 925. The maximum atomic E-state index is 13.3. The topological polar surface area (TPSA) is 79.9 Å². The van der Waals surface area contributed by atoms with E-state index in [2.05, 4.69) is 10.2 Å². The quantitative estimate of drug-likeness (QED) is 0.302. The van der Waals surface area contributed by atoms with Crippen molar-refractivity contribution < 1.29 is 18.3 Å². The molecule has 3 unspecified atom stereocenters. The summed E-state index contributed by atoms with van der Waals surface area (Å²) in [6, 6.07) is 12.3. The van der Waals surface area contributed by atoms with Gasteiger partial charge in [0.1, 0.15) is 17.7 Å². The monoisotopic (exact) mass is 572 g/mol. The molecule has 0 radical (unpaired) electrons. The van der Waals surface area contributed by atoms with Crippen molar-refractivity contribution in [1.29, 1.82) is 0 Å². The van der Waals surface area contributed by atoms with Gasteiger partial charge in [-0.25, -0.2) is 8.78 Å². The molecule has 33 heavy (non-hydrogen) atoms. The number of carbonyl (C=O) groups is 1. The maximum Gasteiger partial charge on any atom is 0.222 e. The van der Waals surface area contributed by atoms with Crippen molar-refractivity contribution >= 4 is 35.8 Å². The van der Waals surface area contributed by atoms with Crippen molar-refractivity contribution in [1.82, 2.24) is 10.2 Å². The second-order valence-electron chi connectivity index (χ2n) is 8.02. The van der Waals surface area contributed by atoms with Gasteiger partial charge in [0.15, 0.2) is 5.96 Å². The molecule has 1 aliphatic rings. The first kappa shape index (κ1) is 27.0. The first-order chi connectivity index (χ1) is 15.4. The van der Waals surface area contributed by atoms with Gasteiger partial charge in [0.2, 0.25) is 5.91 Å². The number of nitrogens with two attached hydrogens (primary N) is 1.